The molecule has 1 fully saturated rings. The lowest BCUT2D eigenvalue weighted by Gasteiger charge is -2.33. The second-order valence-corrected chi connectivity index (χ2v) is 6.44. The van der Waals surface area contributed by atoms with E-state index in [4.69, 9.17) is 9.47 Å². The third-order valence-electron chi connectivity index (χ3n) is 3.38. The largest absolute Gasteiger partial charge is 0.459 e. The van der Waals surface area contributed by atoms with Gasteiger partial charge in [0.05, 0.1) is 5.56 Å². The van der Waals surface area contributed by atoms with Crippen molar-refractivity contribution in [2.75, 3.05) is 13.1 Å². The van der Waals surface area contributed by atoms with Crippen LogP contribution in [-0.2, 0) is 9.47 Å². The van der Waals surface area contributed by atoms with Crippen LogP contribution in [0.3, 0.4) is 0 Å². The monoisotopic (exact) mass is 305 g/mol. The number of amides is 1. The average molecular weight is 305 g/mol. The summed E-state index contributed by atoms with van der Waals surface area (Å²) in [6, 6.07) is 8.94. The van der Waals surface area contributed by atoms with Gasteiger partial charge in [-0.3, -0.25) is 0 Å². The van der Waals surface area contributed by atoms with Gasteiger partial charge >= 0.3 is 12.1 Å². The van der Waals surface area contributed by atoms with Crippen molar-refractivity contribution in [2.45, 2.75) is 45.3 Å². The lowest BCUT2D eigenvalue weighted by atomic mass is 10.1. The number of carbonyl (C=O) groups excluding carboxylic acids is 2. The highest BCUT2D eigenvalue weighted by Gasteiger charge is 2.28. The fraction of sp³-hybridized carbons (Fsp3) is 0.529. The first-order valence-electron chi connectivity index (χ1n) is 7.59. The minimum atomic E-state index is -0.492. The van der Waals surface area contributed by atoms with Crippen molar-refractivity contribution in [2.24, 2.45) is 0 Å². The molecule has 0 bridgehead atoms. The Labute approximate surface area is 131 Å². The summed E-state index contributed by atoms with van der Waals surface area (Å²) in [5.41, 5.74) is 0.0605. The summed E-state index contributed by atoms with van der Waals surface area (Å²) in [5.74, 6) is -0.309. The second kappa shape index (κ2) is 6.81. The number of esters is 1. The van der Waals surface area contributed by atoms with E-state index in [-0.39, 0.29) is 18.2 Å². The number of ether oxygens (including phenoxy) is 2. The Balaban J connectivity index is 1.80. The average Bonchev–Trinajstić information content (AvgIpc) is 2.47. The van der Waals surface area contributed by atoms with Gasteiger partial charge in [-0.2, -0.15) is 0 Å². The van der Waals surface area contributed by atoms with Crippen molar-refractivity contribution in [1.29, 1.82) is 0 Å². The Morgan fingerprint density at radius 1 is 1.09 bits per heavy atom. The fourth-order valence-corrected chi connectivity index (χ4v) is 2.28. The van der Waals surface area contributed by atoms with Crippen LogP contribution in [-0.4, -0.2) is 41.8 Å². The summed E-state index contributed by atoms with van der Waals surface area (Å²) in [5, 5.41) is 0. The van der Waals surface area contributed by atoms with E-state index in [0.717, 1.165) is 0 Å². The van der Waals surface area contributed by atoms with Crippen molar-refractivity contribution in [3.05, 3.63) is 35.9 Å². The van der Waals surface area contributed by atoms with Crippen molar-refractivity contribution >= 4 is 12.1 Å². The van der Waals surface area contributed by atoms with Crippen LogP contribution in [0.5, 0.6) is 0 Å². The predicted octanol–water partition coefficient (Wildman–Crippen LogP) is 3.24. The molecule has 5 heteroatoms. The smallest absolute Gasteiger partial charge is 0.410 e. The molecule has 120 valence electrons. The van der Waals surface area contributed by atoms with E-state index in [2.05, 4.69) is 0 Å². The van der Waals surface area contributed by atoms with Crippen molar-refractivity contribution < 1.29 is 19.1 Å². The van der Waals surface area contributed by atoms with Crippen LogP contribution in [0.2, 0.25) is 0 Å². The summed E-state index contributed by atoms with van der Waals surface area (Å²) in [7, 11) is 0. The van der Waals surface area contributed by atoms with E-state index in [9.17, 15) is 9.59 Å². The summed E-state index contributed by atoms with van der Waals surface area (Å²) >= 11 is 0. The third kappa shape index (κ3) is 4.76. The van der Waals surface area contributed by atoms with E-state index in [1.54, 1.807) is 17.0 Å². The third-order valence-corrected chi connectivity index (χ3v) is 3.38. The second-order valence-electron chi connectivity index (χ2n) is 6.44. The van der Waals surface area contributed by atoms with Gasteiger partial charge in [0.25, 0.3) is 0 Å². The molecule has 1 aliphatic heterocycles. The van der Waals surface area contributed by atoms with Gasteiger partial charge < -0.3 is 14.4 Å². The van der Waals surface area contributed by atoms with Gasteiger partial charge in [0.2, 0.25) is 0 Å². The van der Waals surface area contributed by atoms with Crippen LogP contribution in [0, 0.1) is 0 Å². The Morgan fingerprint density at radius 2 is 1.68 bits per heavy atom. The number of hydrogen-bond donors (Lipinski definition) is 0. The molecule has 1 aromatic carbocycles. The number of piperidine rings is 1. The number of hydrogen-bond acceptors (Lipinski definition) is 4. The molecule has 1 aromatic rings. The summed E-state index contributed by atoms with van der Waals surface area (Å²) in [6.45, 7) is 6.63. The van der Waals surface area contributed by atoms with Gasteiger partial charge in [-0.1, -0.05) is 18.2 Å². The fourth-order valence-electron chi connectivity index (χ4n) is 2.28. The maximum Gasteiger partial charge on any atom is 0.410 e. The van der Waals surface area contributed by atoms with Crippen molar-refractivity contribution in [3.63, 3.8) is 0 Å². The van der Waals surface area contributed by atoms with E-state index in [1.807, 2.05) is 39.0 Å². The number of carbonyl (C=O) groups is 2. The SMILES string of the molecule is CC(C)(C)OC(=O)N1CCC(OC(=O)c2ccccc2)CC1. The van der Waals surface area contributed by atoms with E-state index in [0.29, 0.717) is 31.5 Å². The molecule has 0 unspecified atom stereocenters. The normalized spacial score (nSPS) is 16.2. The zero-order valence-corrected chi connectivity index (χ0v) is 13.4. The zero-order valence-electron chi connectivity index (χ0n) is 13.4. The molecular formula is C17H23NO4. The molecule has 0 saturated carbocycles. The van der Waals surface area contributed by atoms with Gasteiger partial charge in [0.1, 0.15) is 11.7 Å². The van der Waals surface area contributed by atoms with Gasteiger partial charge in [0, 0.05) is 25.9 Å². The van der Waals surface area contributed by atoms with Gasteiger partial charge in [-0.25, -0.2) is 9.59 Å². The first kappa shape index (κ1) is 16.3. The molecule has 5 nitrogen and oxygen atoms in total. The molecule has 1 aliphatic rings. The number of nitrogens with zero attached hydrogens (tertiary/aromatic N) is 1. The van der Waals surface area contributed by atoms with Crippen molar-refractivity contribution in [1.82, 2.24) is 4.90 Å². The molecule has 0 N–H and O–H groups in total. The quantitative estimate of drug-likeness (QED) is 0.787. The molecule has 1 heterocycles. The van der Waals surface area contributed by atoms with Gasteiger partial charge in [0.15, 0.2) is 0 Å². The molecule has 1 amide bonds. The van der Waals surface area contributed by atoms with Crippen LogP contribution in [0.25, 0.3) is 0 Å². The summed E-state index contributed by atoms with van der Waals surface area (Å²) in [6.07, 6.45) is 0.821. The highest BCUT2D eigenvalue weighted by atomic mass is 16.6. The first-order chi connectivity index (χ1) is 10.3. The molecule has 22 heavy (non-hydrogen) atoms. The van der Waals surface area contributed by atoms with E-state index in [1.165, 1.54) is 0 Å². The van der Waals surface area contributed by atoms with Crippen LogP contribution >= 0.6 is 0 Å². The minimum absolute atomic E-state index is 0.147. The molecule has 0 aromatic heterocycles. The van der Waals surface area contributed by atoms with E-state index < -0.39 is 5.60 Å². The molecule has 0 aliphatic carbocycles. The Kier molecular flexibility index (Phi) is 5.06. The lowest BCUT2D eigenvalue weighted by molar-refractivity contribution is -0.00339. The number of benzene rings is 1. The van der Waals surface area contributed by atoms with E-state index >= 15 is 0 Å². The zero-order chi connectivity index (χ0) is 16.2. The first-order valence-corrected chi connectivity index (χ1v) is 7.59. The molecule has 2 rings (SSSR count). The number of likely N-dealkylation sites (tertiary alicyclic amines) is 1. The topological polar surface area (TPSA) is 55.8 Å². The summed E-state index contributed by atoms with van der Waals surface area (Å²) < 4.78 is 10.8. The lowest BCUT2D eigenvalue weighted by Crippen LogP contribution is -2.43. The predicted molar refractivity (Wildman–Crippen MR) is 82.7 cm³/mol. The summed E-state index contributed by atoms with van der Waals surface area (Å²) in [4.78, 5) is 25.6. The standard InChI is InChI=1S/C17H23NO4/c1-17(2,3)22-16(20)18-11-9-14(10-12-18)21-15(19)13-7-5-4-6-8-13/h4-8,14H,9-12H2,1-3H3. The maximum atomic E-state index is 12.0. The molecule has 0 radical (unpaired) electrons. The van der Waals surface area contributed by atoms with Crippen LogP contribution in [0.4, 0.5) is 4.79 Å². The van der Waals surface area contributed by atoms with Crippen LogP contribution in [0.15, 0.2) is 30.3 Å². The highest BCUT2D eigenvalue weighted by molar-refractivity contribution is 5.89. The molecule has 0 spiro atoms. The Hall–Kier alpha value is -2.04. The Bertz CT molecular complexity index is 513. The molecule has 1 saturated heterocycles. The van der Waals surface area contributed by atoms with Gasteiger partial charge in [-0.05, 0) is 32.9 Å². The molecular weight excluding hydrogens is 282 g/mol. The highest BCUT2D eigenvalue weighted by Crippen LogP contribution is 2.18. The van der Waals surface area contributed by atoms with Crippen molar-refractivity contribution in [3.8, 4) is 0 Å². The molecule has 0 atom stereocenters. The maximum absolute atomic E-state index is 12.0. The van der Waals surface area contributed by atoms with Gasteiger partial charge in [-0.15, -0.1) is 0 Å². The minimum Gasteiger partial charge on any atom is -0.459 e. The van der Waals surface area contributed by atoms with Crippen LogP contribution in [0.1, 0.15) is 44.0 Å². The Morgan fingerprint density at radius 3 is 2.23 bits per heavy atom. The van der Waals surface area contributed by atoms with Crippen LogP contribution < -0.4 is 0 Å². The number of rotatable bonds is 2.